The molecule has 2 atom stereocenters. The minimum atomic E-state index is -4.41. The van der Waals surface area contributed by atoms with Gasteiger partial charge in [0.15, 0.2) is 0 Å². The Bertz CT molecular complexity index is 457. The molecule has 0 amide bonds. The molecule has 0 aliphatic heterocycles. The molecular formula is C12H11Br2F3O. The Morgan fingerprint density at radius 2 is 1.89 bits per heavy atom. The van der Waals surface area contributed by atoms with E-state index in [1.807, 2.05) is 0 Å². The molecule has 6 heteroatoms. The van der Waals surface area contributed by atoms with Gasteiger partial charge in [-0.15, -0.1) is 0 Å². The Labute approximate surface area is 120 Å². The van der Waals surface area contributed by atoms with E-state index in [1.54, 1.807) is 13.0 Å². The molecule has 0 spiro atoms. The van der Waals surface area contributed by atoms with Crippen molar-refractivity contribution in [1.29, 1.82) is 0 Å². The third-order valence-corrected chi connectivity index (χ3v) is 4.78. The van der Waals surface area contributed by atoms with Crippen molar-refractivity contribution in [2.45, 2.75) is 30.8 Å². The molecular weight excluding hydrogens is 377 g/mol. The second-order valence-electron chi connectivity index (χ2n) is 4.04. The number of ketones is 1. The normalized spacial score (nSPS) is 15.3. The molecule has 0 aliphatic rings. The number of halogens is 5. The van der Waals surface area contributed by atoms with Crippen LogP contribution in [0.2, 0.25) is 0 Å². The Hall–Kier alpha value is -0.360. The molecule has 0 N–H and O–H groups in total. The number of Topliss-reactive ketones (excluding diaryl/α,β-unsaturated/α-hetero) is 1. The van der Waals surface area contributed by atoms with Crippen LogP contribution in [0.3, 0.4) is 0 Å². The highest BCUT2D eigenvalue weighted by molar-refractivity contribution is 9.10. The first kappa shape index (κ1) is 15.7. The minimum absolute atomic E-state index is 0.0000950. The van der Waals surface area contributed by atoms with E-state index >= 15 is 0 Å². The maximum Gasteiger partial charge on any atom is 0.417 e. The van der Waals surface area contributed by atoms with Gasteiger partial charge in [-0.05, 0) is 24.6 Å². The number of alkyl halides is 4. The minimum Gasteiger partial charge on any atom is -0.299 e. The standard InChI is InChI=1S/C12H11Br2F3O/c1-6(11(14)7(2)18)8-3-4-10(13)9(5-8)12(15,16)17/h3-6,11H,1-2H3. The topological polar surface area (TPSA) is 17.1 Å². The zero-order valence-electron chi connectivity index (χ0n) is 9.68. The number of benzene rings is 1. The number of carbonyl (C=O) groups is 1. The highest BCUT2D eigenvalue weighted by Crippen LogP contribution is 2.37. The first-order valence-electron chi connectivity index (χ1n) is 5.15. The maximum absolute atomic E-state index is 12.7. The molecule has 2 unspecified atom stereocenters. The van der Waals surface area contributed by atoms with Crippen LogP contribution >= 0.6 is 31.9 Å². The monoisotopic (exact) mass is 386 g/mol. The van der Waals surface area contributed by atoms with Crippen LogP contribution < -0.4 is 0 Å². The second-order valence-corrected chi connectivity index (χ2v) is 5.88. The quantitative estimate of drug-likeness (QED) is 0.672. The molecule has 0 heterocycles. The van der Waals surface area contributed by atoms with Crippen LogP contribution in [0.25, 0.3) is 0 Å². The first-order valence-corrected chi connectivity index (χ1v) is 6.86. The molecule has 100 valence electrons. The van der Waals surface area contributed by atoms with Crippen molar-refractivity contribution >= 4 is 37.6 Å². The van der Waals surface area contributed by atoms with E-state index in [9.17, 15) is 18.0 Å². The third kappa shape index (κ3) is 3.57. The molecule has 0 saturated heterocycles. The highest BCUT2D eigenvalue weighted by Gasteiger charge is 2.34. The lowest BCUT2D eigenvalue weighted by atomic mass is 9.94. The largest absolute Gasteiger partial charge is 0.417 e. The summed E-state index contributed by atoms with van der Waals surface area (Å²) >= 11 is 6.08. The molecule has 0 aromatic heterocycles. The summed E-state index contributed by atoms with van der Waals surface area (Å²) in [5, 5.41) is 0. The van der Waals surface area contributed by atoms with Crippen LogP contribution in [0, 0.1) is 0 Å². The SMILES string of the molecule is CC(=O)C(Br)C(C)c1ccc(Br)c(C(F)(F)F)c1. The third-order valence-electron chi connectivity index (χ3n) is 2.65. The number of hydrogen-bond donors (Lipinski definition) is 0. The lowest BCUT2D eigenvalue weighted by Crippen LogP contribution is -2.18. The number of carbonyl (C=O) groups excluding carboxylic acids is 1. The van der Waals surface area contributed by atoms with Crippen LogP contribution in [-0.2, 0) is 11.0 Å². The van der Waals surface area contributed by atoms with Gasteiger partial charge in [0.2, 0.25) is 0 Å². The van der Waals surface area contributed by atoms with Crippen molar-refractivity contribution in [1.82, 2.24) is 0 Å². The lowest BCUT2D eigenvalue weighted by Gasteiger charge is -2.18. The van der Waals surface area contributed by atoms with Gasteiger partial charge in [0.1, 0.15) is 5.78 Å². The second kappa shape index (κ2) is 5.74. The molecule has 18 heavy (non-hydrogen) atoms. The molecule has 1 nitrogen and oxygen atoms in total. The van der Waals surface area contributed by atoms with E-state index in [0.717, 1.165) is 6.07 Å². The summed E-state index contributed by atoms with van der Waals surface area (Å²) in [5.74, 6) is -0.435. The van der Waals surface area contributed by atoms with E-state index in [0.29, 0.717) is 5.56 Å². The Kier molecular flexibility index (Phi) is 5.00. The van der Waals surface area contributed by atoms with Gasteiger partial charge in [-0.1, -0.05) is 44.8 Å². The van der Waals surface area contributed by atoms with E-state index in [-0.39, 0.29) is 16.2 Å². The summed E-state index contributed by atoms with van der Waals surface area (Å²) in [6.07, 6.45) is -4.41. The molecule has 0 fully saturated rings. The van der Waals surface area contributed by atoms with Gasteiger partial charge in [0.25, 0.3) is 0 Å². The smallest absolute Gasteiger partial charge is 0.299 e. The first-order chi connectivity index (χ1) is 8.14. The van der Waals surface area contributed by atoms with E-state index < -0.39 is 16.6 Å². The van der Waals surface area contributed by atoms with Crippen molar-refractivity contribution < 1.29 is 18.0 Å². The fraction of sp³-hybridized carbons (Fsp3) is 0.417. The van der Waals surface area contributed by atoms with Gasteiger partial charge in [0.05, 0.1) is 10.4 Å². The Morgan fingerprint density at radius 3 is 2.33 bits per heavy atom. The fourth-order valence-corrected chi connectivity index (χ4v) is 2.34. The molecule has 1 rings (SSSR count). The van der Waals surface area contributed by atoms with Crippen LogP contribution in [0.5, 0.6) is 0 Å². The summed E-state index contributed by atoms with van der Waals surface area (Å²) < 4.78 is 38.2. The average Bonchev–Trinajstić information content (AvgIpc) is 2.26. The molecule has 1 aromatic carbocycles. The molecule has 1 aromatic rings. The summed E-state index contributed by atoms with van der Waals surface area (Å²) in [7, 11) is 0. The van der Waals surface area contributed by atoms with Crippen molar-refractivity contribution in [2.24, 2.45) is 0 Å². The van der Waals surface area contributed by atoms with Crippen LogP contribution in [0.15, 0.2) is 22.7 Å². The van der Waals surface area contributed by atoms with Crippen LogP contribution in [0.4, 0.5) is 13.2 Å². The molecule has 0 bridgehead atoms. The lowest BCUT2D eigenvalue weighted by molar-refractivity contribution is -0.138. The number of rotatable bonds is 3. The highest BCUT2D eigenvalue weighted by atomic mass is 79.9. The van der Waals surface area contributed by atoms with Gasteiger partial charge in [-0.25, -0.2) is 0 Å². The van der Waals surface area contributed by atoms with Crippen molar-refractivity contribution in [3.8, 4) is 0 Å². The zero-order chi connectivity index (χ0) is 14.1. The predicted octanol–water partition coefficient (Wildman–Crippen LogP) is 4.92. The Morgan fingerprint density at radius 1 is 1.33 bits per heavy atom. The van der Waals surface area contributed by atoms with Gasteiger partial charge >= 0.3 is 6.18 Å². The van der Waals surface area contributed by atoms with Crippen LogP contribution in [0.1, 0.15) is 30.9 Å². The number of hydrogen-bond acceptors (Lipinski definition) is 1. The maximum atomic E-state index is 12.7. The van der Waals surface area contributed by atoms with Crippen molar-refractivity contribution in [3.05, 3.63) is 33.8 Å². The molecule has 0 aliphatic carbocycles. The van der Waals surface area contributed by atoms with Gasteiger partial charge < -0.3 is 0 Å². The van der Waals surface area contributed by atoms with Crippen LogP contribution in [-0.4, -0.2) is 10.6 Å². The van der Waals surface area contributed by atoms with E-state index in [4.69, 9.17) is 0 Å². The van der Waals surface area contributed by atoms with Gasteiger partial charge in [-0.2, -0.15) is 13.2 Å². The summed E-state index contributed by atoms with van der Waals surface area (Å²) in [5.41, 5.74) is -0.252. The van der Waals surface area contributed by atoms with E-state index in [2.05, 4.69) is 31.9 Å². The van der Waals surface area contributed by atoms with E-state index in [1.165, 1.54) is 13.0 Å². The Balaban J connectivity index is 3.17. The molecule has 0 radical (unpaired) electrons. The predicted molar refractivity (Wildman–Crippen MR) is 71.0 cm³/mol. The summed E-state index contributed by atoms with van der Waals surface area (Å²) in [6, 6.07) is 4.02. The zero-order valence-corrected chi connectivity index (χ0v) is 12.9. The van der Waals surface area contributed by atoms with Gasteiger partial charge in [-0.3, -0.25) is 4.79 Å². The summed E-state index contributed by atoms with van der Waals surface area (Å²) in [4.78, 5) is 10.7. The van der Waals surface area contributed by atoms with Crippen molar-refractivity contribution in [2.75, 3.05) is 0 Å². The molecule has 0 saturated carbocycles. The van der Waals surface area contributed by atoms with Crippen molar-refractivity contribution in [3.63, 3.8) is 0 Å². The summed E-state index contributed by atoms with van der Waals surface area (Å²) in [6.45, 7) is 3.11. The fourth-order valence-electron chi connectivity index (χ4n) is 1.56. The average molecular weight is 388 g/mol. The van der Waals surface area contributed by atoms with Gasteiger partial charge in [0, 0.05) is 10.4 Å².